The highest BCUT2D eigenvalue weighted by Gasteiger charge is 2.23. The zero-order chi connectivity index (χ0) is 10.1. The maximum absolute atomic E-state index is 4.79. The van der Waals surface area contributed by atoms with Crippen molar-refractivity contribution in [3.05, 3.63) is 16.1 Å². The van der Waals surface area contributed by atoms with Crippen LogP contribution in [0.3, 0.4) is 0 Å². The monoisotopic (exact) mass is 223 g/mol. The minimum atomic E-state index is 0.532. The molecule has 2 unspecified atom stereocenters. The van der Waals surface area contributed by atoms with E-state index in [1.807, 2.05) is 11.3 Å². The molecular formula is C11H17N3S. The lowest BCUT2D eigenvalue weighted by Crippen LogP contribution is -2.13. The Labute approximate surface area is 94.3 Å². The molecule has 0 amide bonds. The van der Waals surface area contributed by atoms with Crippen LogP contribution in [0.2, 0.25) is 0 Å². The van der Waals surface area contributed by atoms with Gasteiger partial charge in [-0.3, -0.25) is 0 Å². The molecule has 0 radical (unpaired) electrons. The van der Waals surface area contributed by atoms with Gasteiger partial charge in [-0.2, -0.15) is 0 Å². The molecule has 3 heterocycles. The fourth-order valence-electron chi connectivity index (χ4n) is 2.45. The Morgan fingerprint density at radius 3 is 3.07 bits per heavy atom. The Kier molecular flexibility index (Phi) is 2.73. The van der Waals surface area contributed by atoms with E-state index in [-0.39, 0.29) is 0 Å². The first-order valence-electron chi connectivity index (χ1n) is 5.83. The van der Waals surface area contributed by atoms with Gasteiger partial charge in [-0.1, -0.05) is 0 Å². The molecule has 3 nitrogen and oxygen atoms in total. The first-order chi connectivity index (χ1) is 7.43. The van der Waals surface area contributed by atoms with Gasteiger partial charge >= 0.3 is 0 Å². The van der Waals surface area contributed by atoms with Gasteiger partial charge in [-0.25, -0.2) is 4.98 Å². The Bertz CT molecular complexity index is 294. The molecular weight excluding hydrogens is 206 g/mol. The molecule has 0 spiro atoms. The molecule has 1 aromatic rings. The largest absolute Gasteiger partial charge is 0.316 e. The zero-order valence-corrected chi connectivity index (χ0v) is 9.65. The quantitative estimate of drug-likeness (QED) is 0.800. The molecule has 3 rings (SSSR count). The number of aromatic nitrogens is 1. The second-order valence-corrected chi connectivity index (χ2v) is 5.34. The van der Waals surface area contributed by atoms with E-state index in [1.54, 1.807) is 0 Å². The van der Waals surface area contributed by atoms with Gasteiger partial charge in [0.1, 0.15) is 0 Å². The summed E-state index contributed by atoms with van der Waals surface area (Å²) in [6, 6.07) is 0.532. The third-order valence-electron chi connectivity index (χ3n) is 3.37. The van der Waals surface area contributed by atoms with Crippen molar-refractivity contribution >= 4 is 11.3 Å². The van der Waals surface area contributed by atoms with Gasteiger partial charge in [-0.05, 0) is 32.4 Å². The normalized spacial score (nSPS) is 31.2. The van der Waals surface area contributed by atoms with Crippen molar-refractivity contribution in [3.63, 3.8) is 0 Å². The SMILES string of the molecule is c1sc(C2CCNC2)nc1C1CCCN1. The number of nitrogens with one attached hydrogen (secondary N) is 2. The first kappa shape index (κ1) is 9.75. The average molecular weight is 223 g/mol. The minimum Gasteiger partial charge on any atom is -0.316 e. The molecule has 1 aromatic heterocycles. The molecule has 0 aromatic carbocycles. The Balaban J connectivity index is 1.74. The maximum atomic E-state index is 4.79. The van der Waals surface area contributed by atoms with Gasteiger partial charge in [0.15, 0.2) is 0 Å². The molecule has 2 fully saturated rings. The minimum absolute atomic E-state index is 0.532. The van der Waals surface area contributed by atoms with Crippen molar-refractivity contribution in [2.45, 2.75) is 31.2 Å². The molecule has 2 atom stereocenters. The summed E-state index contributed by atoms with van der Waals surface area (Å²) in [5.74, 6) is 0.671. The van der Waals surface area contributed by atoms with Crippen LogP contribution in [-0.2, 0) is 0 Å². The van der Waals surface area contributed by atoms with Crippen molar-refractivity contribution in [3.8, 4) is 0 Å². The van der Waals surface area contributed by atoms with E-state index in [1.165, 1.54) is 30.0 Å². The van der Waals surface area contributed by atoms with Gasteiger partial charge < -0.3 is 10.6 Å². The van der Waals surface area contributed by atoms with Crippen LogP contribution in [0.15, 0.2) is 5.38 Å². The molecule has 2 N–H and O–H groups in total. The second-order valence-electron chi connectivity index (χ2n) is 4.45. The molecule has 4 heteroatoms. The molecule has 2 aliphatic heterocycles. The lowest BCUT2D eigenvalue weighted by molar-refractivity contribution is 0.625. The zero-order valence-electron chi connectivity index (χ0n) is 8.83. The van der Waals surface area contributed by atoms with Crippen molar-refractivity contribution in [2.75, 3.05) is 19.6 Å². The van der Waals surface area contributed by atoms with Gasteiger partial charge in [0.2, 0.25) is 0 Å². The summed E-state index contributed by atoms with van der Waals surface area (Å²) in [7, 11) is 0. The maximum Gasteiger partial charge on any atom is 0.0973 e. The van der Waals surface area contributed by atoms with Crippen molar-refractivity contribution in [1.29, 1.82) is 0 Å². The fraction of sp³-hybridized carbons (Fsp3) is 0.727. The predicted molar refractivity (Wildman–Crippen MR) is 62.3 cm³/mol. The highest BCUT2D eigenvalue weighted by atomic mass is 32.1. The van der Waals surface area contributed by atoms with Crippen molar-refractivity contribution in [1.82, 2.24) is 15.6 Å². The summed E-state index contributed by atoms with van der Waals surface area (Å²) < 4.78 is 0. The molecule has 0 aliphatic carbocycles. The topological polar surface area (TPSA) is 37.0 Å². The molecule has 2 saturated heterocycles. The van der Waals surface area contributed by atoms with Crippen LogP contribution in [0.4, 0.5) is 0 Å². The summed E-state index contributed by atoms with van der Waals surface area (Å²) in [5, 5.41) is 10.5. The van der Waals surface area contributed by atoms with Crippen LogP contribution in [-0.4, -0.2) is 24.6 Å². The Hall–Kier alpha value is -0.450. The smallest absolute Gasteiger partial charge is 0.0973 e. The highest BCUT2D eigenvalue weighted by molar-refractivity contribution is 7.09. The third-order valence-corrected chi connectivity index (χ3v) is 4.39. The number of nitrogens with zero attached hydrogens (tertiary/aromatic N) is 1. The van der Waals surface area contributed by atoms with Crippen LogP contribution in [0.25, 0.3) is 0 Å². The van der Waals surface area contributed by atoms with Crippen molar-refractivity contribution in [2.24, 2.45) is 0 Å². The van der Waals surface area contributed by atoms with Gasteiger partial charge in [0.05, 0.1) is 16.7 Å². The standard InChI is InChI=1S/C11H17N3S/c1-2-9(13-4-1)10-7-15-11(14-10)8-3-5-12-6-8/h7-9,12-13H,1-6H2. The van der Waals surface area contributed by atoms with E-state index in [0.717, 1.165) is 19.6 Å². The highest BCUT2D eigenvalue weighted by Crippen LogP contribution is 2.29. The molecule has 82 valence electrons. The number of hydrogen-bond donors (Lipinski definition) is 2. The summed E-state index contributed by atoms with van der Waals surface area (Å²) in [6.07, 6.45) is 3.81. The summed E-state index contributed by atoms with van der Waals surface area (Å²) >= 11 is 1.84. The van der Waals surface area contributed by atoms with Crippen LogP contribution in [0, 0.1) is 0 Å². The number of thiazole rings is 1. The summed E-state index contributed by atoms with van der Waals surface area (Å²) in [6.45, 7) is 3.43. The lowest BCUT2D eigenvalue weighted by atomic mass is 10.1. The van der Waals surface area contributed by atoms with E-state index < -0.39 is 0 Å². The van der Waals surface area contributed by atoms with E-state index in [4.69, 9.17) is 4.98 Å². The lowest BCUT2D eigenvalue weighted by Gasteiger charge is -2.06. The molecule has 0 bridgehead atoms. The second kappa shape index (κ2) is 4.20. The van der Waals surface area contributed by atoms with Crippen LogP contribution in [0.1, 0.15) is 41.9 Å². The van der Waals surface area contributed by atoms with Crippen LogP contribution < -0.4 is 10.6 Å². The number of hydrogen-bond acceptors (Lipinski definition) is 4. The Morgan fingerprint density at radius 2 is 2.33 bits per heavy atom. The summed E-state index contributed by atoms with van der Waals surface area (Å²) in [5.41, 5.74) is 1.28. The molecule has 0 saturated carbocycles. The van der Waals surface area contributed by atoms with E-state index in [9.17, 15) is 0 Å². The number of rotatable bonds is 2. The average Bonchev–Trinajstić information content (AvgIpc) is 3.02. The molecule has 15 heavy (non-hydrogen) atoms. The van der Waals surface area contributed by atoms with Gasteiger partial charge in [0.25, 0.3) is 0 Å². The first-order valence-corrected chi connectivity index (χ1v) is 6.71. The van der Waals surface area contributed by atoms with Gasteiger partial charge in [-0.15, -0.1) is 11.3 Å². The van der Waals surface area contributed by atoms with E-state index in [0.29, 0.717) is 12.0 Å². The van der Waals surface area contributed by atoms with E-state index >= 15 is 0 Å². The summed E-state index contributed by atoms with van der Waals surface area (Å²) in [4.78, 5) is 4.79. The third kappa shape index (κ3) is 1.94. The van der Waals surface area contributed by atoms with Gasteiger partial charge in [0, 0.05) is 17.8 Å². The van der Waals surface area contributed by atoms with E-state index in [2.05, 4.69) is 16.0 Å². The predicted octanol–water partition coefficient (Wildman–Crippen LogP) is 1.64. The fourth-order valence-corrected chi connectivity index (χ4v) is 3.46. The van der Waals surface area contributed by atoms with Crippen LogP contribution in [0.5, 0.6) is 0 Å². The molecule has 2 aliphatic rings. The Morgan fingerprint density at radius 1 is 1.33 bits per heavy atom. The van der Waals surface area contributed by atoms with Crippen molar-refractivity contribution < 1.29 is 0 Å². The van der Waals surface area contributed by atoms with Crippen LogP contribution >= 0.6 is 11.3 Å².